The summed E-state index contributed by atoms with van der Waals surface area (Å²) in [6.07, 6.45) is 0.836. The molecule has 2 aliphatic rings. The van der Waals surface area contributed by atoms with E-state index in [1.165, 1.54) is 4.90 Å². The third-order valence-electron chi connectivity index (χ3n) is 6.38. The maximum atomic E-state index is 13.5. The molecule has 0 spiro atoms. The molecular formula is C29H28N2O6. The Kier molecular flexibility index (Phi) is 6.48. The number of nitrogens with zero attached hydrogens (tertiary/aromatic N) is 2. The Morgan fingerprint density at radius 1 is 1.03 bits per heavy atom. The van der Waals surface area contributed by atoms with Gasteiger partial charge in [-0.05, 0) is 54.4 Å². The van der Waals surface area contributed by atoms with Gasteiger partial charge in [-0.1, -0.05) is 25.1 Å². The fraction of sp³-hybridized carbons (Fsp3) is 0.241. The predicted molar refractivity (Wildman–Crippen MR) is 140 cm³/mol. The molecule has 2 aliphatic heterocycles. The Balaban J connectivity index is 1.65. The van der Waals surface area contributed by atoms with Crippen molar-refractivity contribution < 1.29 is 28.9 Å². The molecular weight excluding hydrogens is 472 g/mol. The lowest BCUT2D eigenvalue weighted by atomic mass is 9.94. The van der Waals surface area contributed by atoms with E-state index in [9.17, 15) is 14.7 Å². The zero-order chi connectivity index (χ0) is 26.1. The topological polar surface area (TPSA) is 88.5 Å². The smallest absolute Gasteiger partial charge is 0.300 e. The van der Waals surface area contributed by atoms with Crippen molar-refractivity contribution >= 4 is 28.8 Å². The molecule has 3 aromatic rings. The minimum Gasteiger partial charge on any atom is -0.507 e. The van der Waals surface area contributed by atoms with Gasteiger partial charge in [0.05, 0.1) is 18.2 Å². The highest BCUT2D eigenvalue weighted by molar-refractivity contribution is 6.51. The zero-order valence-corrected chi connectivity index (χ0v) is 20.9. The summed E-state index contributed by atoms with van der Waals surface area (Å²) in [5.74, 6) is -0.158. The summed E-state index contributed by atoms with van der Waals surface area (Å²) in [6.45, 7) is 2.62. The number of carbonyl (C=O) groups excluding carboxylic acids is 2. The number of benzene rings is 3. The first kappa shape index (κ1) is 24.2. The number of aliphatic hydroxyl groups excluding tert-OH is 1. The molecule has 8 nitrogen and oxygen atoms in total. The Morgan fingerprint density at radius 2 is 1.78 bits per heavy atom. The fourth-order valence-electron chi connectivity index (χ4n) is 4.51. The molecule has 0 saturated carbocycles. The second-order valence-electron chi connectivity index (χ2n) is 9.07. The molecule has 1 unspecified atom stereocenters. The second-order valence-corrected chi connectivity index (χ2v) is 9.07. The Labute approximate surface area is 215 Å². The normalized spacial score (nSPS) is 17.8. The van der Waals surface area contributed by atoms with Crippen LogP contribution < -0.4 is 24.0 Å². The lowest BCUT2D eigenvalue weighted by molar-refractivity contribution is -0.132. The van der Waals surface area contributed by atoms with Crippen LogP contribution in [-0.4, -0.2) is 44.3 Å². The van der Waals surface area contributed by atoms with Gasteiger partial charge in [-0.15, -0.1) is 0 Å². The van der Waals surface area contributed by atoms with E-state index >= 15 is 0 Å². The molecule has 0 bridgehead atoms. The van der Waals surface area contributed by atoms with Crippen molar-refractivity contribution in [3.63, 3.8) is 0 Å². The van der Waals surface area contributed by atoms with Crippen LogP contribution in [-0.2, 0) is 9.59 Å². The van der Waals surface area contributed by atoms with Gasteiger partial charge >= 0.3 is 0 Å². The molecule has 1 atom stereocenters. The molecule has 0 aromatic heterocycles. The van der Waals surface area contributed by atoms with Gasteiger partial charge in [-0.2, -0.15) is 0 Å². The molecule has 1 fully saturated rings. The number of anilines is 2. The quantitative estimate of drug-likeness (QED) is 0.281. The van der Waals surface area contributed by atoms with Gasteiger partial charge < -0.3 is 24.2 Å². The van der Waals surface area contributed by atoms with Gasteiger partial charge in [0.1, 0.15) is 11.5 Å². The number of aliphatic hydroxyl groups is 1. The van der Waals surface area contributed by atoms with Crippen molar-refractivity contribution in [1.29, 1.82) is 0 Å². The minimum absolute atomic E-state index is 0.00125. The number of carbonyl (C=O) groups is 2. The first-order chi connectivity index (χ1) is 17.9. The molecule has 3 aromatic carbocycles. The van der Waals surface area contributed by atoms with Crippen LogP contribution in [0.1, 0.15) is 30.5 Å². The van der Waals surface area contributed by atoms with Crippen molar-refractivity contribution in [2.24, 2.45) is 0 Å². The standard InChI is InChI=1S/C29H28N2O6/c1-4-14-35-22-7-5-6-21(16-22)31-26(18-8-11-20(12-9-18)30(2)3)25(28(33)29(31)34)27(32)19-10-13-23-24(15-19)37-17-36-23/h5-13,15-16,26,32H,4,14,17H2,1-3H3/b27-25-. The molecule has 190 valence electrons. The van der Waals surface area contributed by atoms with Crippen LogP contribution in [0.15, 0.2) is 72.3 Å². The van der Waals surface area contributed by atoms with Crippen LogP contribution in [0.25, 0.3) is 5.76 Å². The predicted octanol–water partition coefficient (Wildman–Crippen LogP) is 4.90. The van der Waals surface area contributed by atoms with Crippen molar-refractivity contribution in [3.8, 4) is 17.2 Å². The highest BCUT2D eigenvalue weighted by Crippen LogP contribution is 2.44. The molecule has 0 radical (unpaired) electrons. The molecule has 1 N–H and O–H groups in total. The van der Waals surface area contributed by atoms with Crippen LogP contribution in [0.4, 0.5) is 11.4 Å². The SMILES string of the molecule is CCCOc1cccc(N2C(=O)C(=O)/C(=C(\O)c3ccc4c(c3)OCO4)C2c2ccc(N(C)C)cc2)c1. The van der Waals surface area contributed by atoms with Crippen molar-refractivity contribution in [2.45, 2.75) is 19.4 Å². The molecule has 8 heteroatoms. The second kappa shape index (κ2) is 9.89. The van der Waals surface area contributed by atoms with Crippen LogP contribution >= 0.6 is 0 Å². The largest absolute Gasteiger partial charge is 0.507 e. The van der Waals surface area contributed by atoms with E-state index in [0.29, 0.717) is 40.7 Å². The van der Waals surface area contributed by atoms with E-state index in [1.54, 1.807) is 36.4 Å². The molecule has 1 saturated heterocycles. The molecule has 1 amide bonds. The number of hydrogen-bond acceptors (Lipinski definition) is 7. The number of hydrogen-bond donors (Lipinski definition) is 1. The fourth-order valence-corrected chi connectivity index (χ4v) is 4.51. The molecule has 5 rings (SSSR count). The molecule has 0 aliphatic carbocycles. The van der Waals surface area contributed by atoms with Crippen LogP contribution in [0.5, 0.6) is 17.2 Å². The summed E-state index contributed by atoms with van der Waals surface area (Å²) in [5.41, 5.74) is 2.51. The first-order valence-electron chi connectivity index (χ1n) is 12.1. The lowest BCUT2D eigenvalue weighted by Gasteiger charge is -2.26. The molecule has 2 heterocycles. The maximum absolute atomic E-state index is 13.5. The molecule has 37 heavy (non-hydrogen) atoms. The van der Waals surface area contributed by atoms with E-state index in [2.05, 4.69) is 0 Å². The summed E-state index contributed by atoms with van der Waals surface area (Å²) in [4.78, 5) is 30.3. The average molecular weight is 501 g/mol. The highest BCUT2D eigenvalue weighted by atomic mass is 16.7. The minimum atomic E-state index is -0.844. The summed E-state index contributed by atoms with van der Waals surface area (Å²) in [6, 6.07) is 18.7. The number of ether oxygens (including phenoxy) is 3. The van der Waals surface area contributed by atoms with Gasteiger partial charge in [0.15, 0.2) is 11.5 Å². The van der Waals surface area contributed by atoms with Gasteiger partial charge in [0.25, 0.3) is 11.7 Å². The van der Waals surface area contributed by atoms with Crippen LogP contribution in [0.3, 0.4) is 0 Å². The van der Waals surface area contributed by atoms with Gasteiger partial charge in [0.2, 0.25) is 6.79 Å². The van der Waals surface area contributed by atoms with E-state index in [-0.39, 0.29) is 18.1 Å². The summed E-state index contributed by atoms with van der Waals surface area (Å²) >= 11 is 0. The van der Waals surface area contributed by atoms with Crippen molar-refractivity contribution in [1.82, 2.24) is 0 Å². The number of amides is 1. The van der Waals surface area contributed by atoms with Gasteiger partial charge in [0, 0.05) is 37.1 Å². The van der Waals surface area contributed by atoms with Crippen LogP contribution in [0.2, 0.25) is 0 Å². The first-order valence-corrected chi connectivity index (χ1v) is 12.1. The van der Waals surface area contributed by atoms with E-state index in [1.807, 2.05) is 56.3 Å². The number of rotatable bonds is 7. The van der Waals surface area contributed by atoms with E-state index < -0.39 is 17.7 Å². The van der Waals surface area contributed by atoms with Crippen molar-refractivity contribution in [2.75, 3.05) is 37.3 Å². The van der Waals surface area contributed by atoms with Crippen molar-refractivity contribution in [3.05, 3.63) is 83.4 Å². The zero-order valence-electron chi connectivity index (χ0n) is 20.9. The van der Waals surface area contributed by atoms with E-state index in [0.717, 1.165) is 12.1 Å². The monoisotopic (exact) mass is 500 g/mol. The summed E-state index contributed by atoms with van der Waals surface area (Å²) < 4.78 is 16.6. The maximum Gasteiger partial charge on any atom is 0.300 e. The Hall–Kier alpha value is -4.46. The van der Waals surface area contributed by atoms with E-state index in [4.69, 9.17) is 14.2 Å². The van der Waals surface area contributed by atoms with Crippen LogP contribution in [0, 0.1) is 0 Å². The lowest BCUT2D eigenvalue weighted by Crippen LogP contribution is -2.29. The van der Waals surface area contributed by atoms with Gasteiger partial charge in [-0.3, -0.25) is 14.5 Å². The Bertz CT molecular complexity index is 1380. The summed E-state index contributed by atoms with van der Waals surface area (Å²) in [7, 11) is 3.87. The number of fused-ring (bicyclic) bond motifs is 1. The highest BCUT2D eigenvalue weighted by Gasteiger charge is 2.47. The average Bonchev–Trinajstić information content (AvgIpc) is 3.49. The van der Waals surface area contributed by atoms with Gasteiger partial charge in [-0.25, -0.2) is 0 Å². The number of ketones is 1. The summed E-state index contributed by atoms with van der Waals surface area (Å²) in [5, 5.41) is 11.4. The third-order valence-corrected chi connectivity index (χ3v) is 6.38. The number of Topliss-reactive ketones (excluding diaryl/α,β-unsaturated/α-hetero) is 1. The third kappa shape index (κ3) is 4.46. The Morgan fingerprint density at radius 3 is 2.51 bits per heavy atom.